The first kappa shape index (κ1) is 15.2. The van der Waals surface area contributed by atoms with E-state index in [0.717, 1.165) is 29.0 Å². The number of hydrogen-bond donors (Lipinski definition) is 1. The van der Waals surface area contributed by atoms with E-state index in [4.69, 9.17) is 27.9 Å². The van der Waals surface area contributed by atoms with Crippen molar-refractivity contribution in [2.75, 3.05) is 7.05 Å². The van der Waals surface area contributed by atoms with E-state index < -0.39 is 0 Å². The third kappa shape index (κ3) is 3.45. The minimum atomic E-state index is 0.404. The lowest BCUT2D eigenvalue weighted by molar-refractivity contribution is 0.300. The molecule has 0 fully saturated rings. The quantitative estimate of drug-likeness (QED) is 0.871. The Labute approximate surface area is 129 Å². The first-order chi connectivity index (χ1) is 9.63. The Morgan fingerprint density at radius 3 is 2.50 bits per heavy atom. The number of halogens is 2. The van der Waals surface area contributed by atoms with Crippen molar-refractivity contribution in [2.24, 2.45) is 0 Å². The molecular formula is C16H17Cl2NO. The predicted molar refractivity (Wildman–Crippen MR) is 84.7 cm³/mol. The molecule has 0 aliphatic carbocycles. The van der Waals surface area contributed by atoms with Gasteiger partial charge < -0.3 is 10.1 Å². The summed E-state index contributed by atoms with van der Waals surface area (Å²) < 4.78 is 5.96. The molecule has 106 valence electrons. The molecule has 0 aliphatic heterocycles. The second-order valence-electron chi connectivity index (χ2n) is 4.60. The van der Waals surface area contributed by atoms with Gasteiger partial charge in [0.2, 0.25) is 0 Å². The lowest BCUT2D eigenvalue weighted by Gasteiger charge is -2.15. The molecule has 0 amide bonds. The largest absolute Gasteiger partial charge is 0.488 e. The van der Waals surface area contributed by atoms with Crippen LogP contribution >= 0.6 is 23.2 Å². The maximum absolute atomic E-state index is 6.18. The summed E-state index contributed by atoms with van der Waals surface area (Å²) in [5, 5.41) is 4.25. The van der Waals surface area contributed by atoms with E-state index >= 15 is 0 Å². The Hall–Kier alpha value is -1.22. The Bertz CT molecular complexity index is 599. The van der Waals surface area contributed by atoms with Gasteiger partial charge in [0.25, 0.3) is 0 Å². The highest BCUT2D eigenvalue weighted by Gasteiger charge is 2.09. The van der Waals surface area contributed by atoms with Gasteiger partial charge >= 0.3 is 0 Å². The Morgan fingerprint density at radius 2 is 1.75 bits per heavy atom. The fourth-order valence-electron chi connectivity index (χ4n) is 2.06. The normalized spacial score (nSPS) is 10.6. The van der Waals surface area contributed by atoms with Crippen molar-refractivity contribution >= 4 is 23.2 Å². The van der Waals surface area contributed by atoms with Gasteiger partial charge in [0.15, 0.2) is 0 Å². The van der Waals surface area contributed by atoms with Crippen LogP contribution in [-0.4, -0.2) is 7.05 Å². The van der Waals surface area contributed by atoms with Crippen LogP contribution in [0.3, 0.4) is 0 Å². The van der Waals surface area contributed by atoms with Gasteiger partial charge in [0.1, 0.15) is 12.4 Å². The fourth-order valence-corrected chi connectivity index (χ4v) is 2.43. The predicted octanol–water partition coefficient (Wildman–Crippen LogP) is 4.60. The van der Waals surface area contributed by atoms with Crippen molar-refractivity contribution in [3.8, 4) is 5.75 Å². The summed E-state index contributed by atoms with van der Waals surface area (Å²) >= 11 is 12.2. The molecule has 2 aromatic carbocycles. The van der Waals surface area contributed by atoms with Gasteiger partial charge in [-0.2, -0.15) is 0 Å². The zero-order chi connectivity index (χ0) is 14.5. The van der Waals surface area contributed by atoms with E-state index in [1.807, 2.05) is 38.2 Å². The summed E-state index contributed by atoms with van der Waals surface area (Å²) in [6.45, 7) is 3.20. The van der Waals surface area contributed by atoms with Crippen LogP contribution in [0, 0.1) is 6.92 Å². The van der Waals surface area contributed by atoms with Crippen LogP contribution in [0.4, 0.5) is 0 Å². The molecule has 0 spiro atoms. The molecule has 1 N–H and O–H groups in total. The van der Waals surface area contributed by atoms with Gasteiger partial charge in [-0.3, -0.25) is 0 Å². The molecule has 0 saturated heterocycles. The fraction of sp³-hybridized carbons (Fsp3) is 0.250. The highest BCUT2D eigenvalue weighted by atomic mass is 35.5. The van der Waals surface area contributed by atoms with E-state index in [1.165, 1.54) is 0 Å². The SMILES string of the molecule is CNCc1cccc(C)c1OCc1cccc(Cl)c1Cl. The molecule has 0 saturated carbocycles. The van der Waals surface area contributed by atoms with Crippen LogP contribution in [0.2, 0.25) is 10.0 Å². The molecule has 4 heteroatoms. The third-order valence-corrected chi connectivity index (χ3v) is 3.92. The second-order valence-corrected chi connectivity index (χ2v) is 5.38. The number of nitrogens with one attached hydrogen (secondary N) is 1. The Balaban J connectivity index is 2.20. The minimum absolute atomic E-state index is 0.404. The van der Waals surface area contributed by atoms with Crippen molar-refractivity contribution in [3.05, 3.63) is 63.1 Å². The lowest BCUT2D eigenvalue weighted by Crippen LogP contribution is -2.08. The van der Waals surface area contributed by atoms with E-state index in [2.05, 4.69) is 11.4 Å². The van der Waals surface area contributed by atoms with Crippen LogP contribution in [0.5, 0.6) is 5.75 Å². The van der Waals surface area contributed by atoms with Crippen LogP contribution in [0.15, 0.2) is 36.4 Å². The lowest BCUT2D eigenvalue weighted by atomic mass is 10.1. The van der Waals surface area contributed by atoms with Crippen molar-refractivity contribution in [2.45, 2.75) is 20.1 Å². The molecule has 2 nitrogen and oxygen atoms in total. The summed E-state index contributed by atoms with van der Waals surface area (Å²) in [4.78, 5) is 0. The summed E-state index contributed by atoms with van der Waals surface area (Å²) in [5.74, 6) is 0.901. The smallest absolute Gasteiger partial charge is 0.127 e. The first-order valence-corrected chi connectivity index (χ1v) is 7.18. The molecule has 20 heavy (non-hydrogen) atoms. The topological polar surface area (TPSA) is 21.3 Å². The van der Waals surface area contributed by atoms with Crippen LogP contribution in [0.1, 0.15) is 16.7 Å². The highest BCUT2D eigenvalue weighted by Crippen LogP contribution is 2.28. The molecule has 0 aliphatic rings. The molecular weight excluding hydrogens is 293 g/mol. The molecule has 0 atom stereocenters. The van der Waals surface area contributed by atoms with Crippen LogP contribution in [-0.2, 0) is 13.2 Å². The van der Waals surface area contributed by atoms with Gasteiger partial charge in [0.05, 0.1) is 10.0 Å². The zero-order valence-corrected chi connectivity index (χ0v) is 13.1. The van der Waals surface area contributed by atoms with Crippen molar-refractivity contribution in [3.63, 3.8) is 0 Å². The monoisotopic (exact) mass is 309 g/mol. The van der Waals surface area contributed by atoms with E-state index in [9.17, 15) is 0 Å². The maximum atomic E-state index is 6.18. The molecule has 2 aromatic rings. The first-order valence-electron chi connectivity index (χ1n) is 6.42. The van der Waals surface area contributed by atoms with Gasteiger partial charge in [-0.05, 0) is 25.6 Å². The summed E-state index contributed by atoms with van der Waals surface area (Å²) in [6, 6.07) is 11.7. The molecule has 0 heterocycles. The highest BCUT2D eigenvalue weighted by molar-refractivity contribution is 6.42. The average molecular weight is 310 g/mol. The summed E-state index contributed by atoms with van der Waals surface area (Å²) in [7, 11) is 1.92. The van der Waals surface area contributed by atoms with Crippen molar-refractivity contribution in [1.29, 1.82) is 0 Å². The second kappa shape index (κ2) is 6.98. The van der Waals surface area contributed by atoms with E-state index in [0.29, 0.717) is 16.7 Å². The van der Waals surface area contributed by atoms with Crippen molar-refractivity contribution in [1.82, 2.24) is 5.32 Å². The summed E-state index contributed by atoms with van der Waals surface area (Å²) in [5.41, 5.74) is 3.12. The van der Waals surface area contributed by atoms with Gasteiger partial charge in [0, 0.05) is 17.7 Å². The van der Waals surface area contributed by atoms with Gasteiger partial charge in [-0.1, -0.05) is 53.5 Å². The van der Waals surface area contributed by atoms with Gasteiger partial charge in [-0.25, -0.2) is 0 Å². The number of hydrogen-bond acceptors (Lipinski definition) is 2. The standard InChI is InChI=1S/C16H17Cl2NO/c1-11-5-3-6-12(9-19-2)16(11)20-10-13-7-4-8-14(17)15(13)18/h3-8,19H,9-10H2,1-2H3. The minimum Gasteiger partial charge on any atom is -0.488 e. The maximum Gasteiger partial charge on any atom is 0.127 e. The van der Waals surface area contributed by atoms with Crippen LogP contribution in [0.25, 0.3) is 0 Å². The molecule has 0 radical (unpaired) electrons. The molecule has 0 aromatic heterocycles. The number of ether oxygens (including phenoxy) is 1. The Kier molecular flexibility index (Phi) is 5.30. The van der Waals surface area contributed by atoms with Crippen LogP contribution < -0.4 is 10.1 Å². The number of rotatable bonds is 5. The molecule has 0 unspecified atom stereocenters. The third-order valence-electron chi connectivity index (χ3n) is 3.06. The number of para-hydroxylation sites is 1. The van der Waals surface area contributed by atoms with Gasteiger partial charge in [-0.15, -0.1) is 0 Å². The summed E-state index contributed by atoms with van der Waals surface area (Å²) in [6.07, 6.45) is 0. The number of aryl methyl sites for hydroxylation is 1. The van der Waals surface area contributed by atoms with E-state index in [-0.39, 0.29) is 0 Å². The molecule has 2 rings (SSSR count). The van der Waals surface area contributed by atoms with Crippen molar-refractivity contribution < 1.29 is 4.74 Å². The van der Waals surface area contributed by atoms with E-state index in [1.54, 1.807) is 6.07 Å². The zero-order valence-electron chi connectivity index (χ0n) is 11.5. The Morgan fingerprint density at radius 1 is 1.05 bits per heavy atom. The molecule has 0 bridgehead atoms. The average Bonchev–Trinajstić information content (AvgIpc) is 2.43. The number of benzene rings is 2.